The van der Waals surface area contributed by atoms with E-state index in [0.717, 1.165) is 69.6 Å². The smallest absolute Gasteiger partial charge is 0.306 e. The standard InChI is InChI=1S/C57H110O6/c1-6-8-9-10-11-12-13-14-15-16-20-23-26-32-37-42-47-55(58)61-50-54(51-62-56(59)48-43-38-33-29-28-31-36-41-46-53(5)7-2)63-57(60)49-44-39-34-27-24-21-18-17-19-22-25-30-35-40-45-52(3)4/h52-54H,6-51H2,1-5H3/t53?,54-/m0/s1. The van der Waals surface area contributed by atoms with Crippen LogP contribution in [-0.4, -0.2) is 37.2 Å². The van der Waals surface area contributed by atoms with E-state index in [1.165, 1.54) is 205 Å². The Morgan fingerprint density at radius 3 is 0.905 bits per heavy atom. The summed E-state index contributed by atoms with van der Waals surface area (Å²) in [4.78, 5) is 38.1. The molecule has 0 aliphatic carbocycles. The first-order chi connectivity index (χ1) is 30.8. The molecule has 0 saturated carbocycles. The van der Waals surface area contributed by atoms with Gasteiger partial charge >= 0.3 is 17.9 Å². The van der Waals surface area contributed by atoms with Gasteiger partial charge in [-0.15, -0.1) is 0 Å². The largest absolute Gasteiger partial charge is 0.462 e. The number of carbonyl (C=O) groups is 3. The third-order valence-electron chi connectivity index (χ3n) is 13.3. The van der Waals surface area contributed by atoms with Crippen molar-refractivity contribution in [3.05, 3.63) is 0 Å². The van der Waals surface area contributed by atoms with Crippen LogP contribution in [0.25, 0.3) is 0 Å². The van der Waals surface area contributed by atoms with Crippen molar-refractivity contribution in [2.24, 2.45) is 11.8 Å². The van der Waals surface area contributed by atoms with E-state index in [1.807, 2.05) is 0 Å². The number of unbranched alkanes of at least 4 members (excludes halogenated alkanes) is 35. The summed E-state index contributed by atoms with van der Waals surface area (Å²) in [6, 6.07) is 0. The maximum atomic E-state index is 12.8. The van der Waals surface area contributed by atoms with Gasteiger partial charge in [0, 0.05) is 19.3 Å². The van der Waals surface area contributed by atoms with E-state index >= 15 is 0 Å². The molecule has 0 heterocycles. The Kier molecular flexibility index (Phi) is 48.6. The summed E-state index contributed by atoms with van der Waals surface area (Å²) in [5, 5.41) is 0. The quantitative estimate of drug-likeness (QED) is 0.0344. The van der Waals surface area contributed by atoms with Crippen molar-refractivity contribution in [1.82, 2.24) is 0 Å². The lowest BCUT2D eigenvalue weighted by Crippen LogP contribution is -2.30. The van der Waals surface area contributed by atoms with Gasteiger partial charge in [0.15, 0.2) is 6.10 Å². The van der Waals surface area contributed by atoms with Crippen LogP contribution in [0.4, 0.5) is 0 Å². The lowest BCUT2D eigenvalue weighted by atomic mass is 9.99. The molecule has 63 heavy (non-hydrogen) atoms. The molecule has 0 N–H and O–H groups in total. The molecular weight excluding hydrogens is 781 g/mol. The first-order valence-corrected chi connectivity index (χ1v) is 28.3. The molecular formula is C57H110O6. The molecule has 0 aromatic heterocycles. The summed E-state index contributed by atoms with van der Waals surface area (Å²) in [7, 11) is 0. The monoisotopic (exact) mass is 891 g/mol. The van der Waals surface area contributed by atoms with Crippen LogP contribution in [0, 0.1) is 11.8 Å². The molecule has 2 atom stereocenters. The van der Waals surface area contributed by atoms with Gasteiger partial charge in [0.2, 0.25) is 0 Å². The first kappa shape index (κ1) is 61.4. The van der Waals surface area contributed by atoms with Gasteiger partial charge < -0.3 is 14.2 Å². The average Bonchev–Trinajstić information content (AvgIpc) is 3.27. The third kappa shape index (κ3) is 49.7. The summed E-state index contributed by atoms with van der Waals surface area (Å²) in [5.41, 5.74) is 0. The van der Waals surface area contributed by atoms with Gasteiger partial charge in [-0.05, 0) is 31.1 Å². The fourth-order valence-electron chi connectivity index (χ4n) is 8.66. The summed E-state index contributed by atoms with van der Waals surface area (Å²) in [6.45, 7) is 11.4. The van der Waals surface area contributed by atoms with Crippen molar-refractivity contribution >= 4 is 17.9 Å². The topological polar surface area (TPSA) is 78.9 Å². The molecule has 0 aromatic rings. The van der Waals surface area contributed by atoms with Gasteiger partial charge in [0.25, 0.3) is 0 Å². The zero-order valence-electron chi connectivity index (χ0n) is 43.2. The molecule has 6 heteroatoms. The Morgan fingerprint density at radius 1 is 0.333 bits per heavy atom. The van der Waals surface area contributed by atoms with Crippen LogP contribution in [-0.2, 0) is 28.6 Å². The summed E-state index contributed by atoms with van der Waals surface area (Å²) in [5.74, 6) is 0.849. The van der Waals surface area contributed by atoms with E-state index in [1.54, 1.807) is 0 Å². The number of rotatable bonds is 51. The van der Waals surface area contributed by atoms with Gasteiger partial charge in [0.05, 0.1) is 0 Å². The summed E-state index contributed by atoms with van der Waals surface area (Å²) >= 11 is 0. The zero-order chi connectivity index (χ0) is 46.1. The van der Waals surface area contributed by atoms with E-state index in [2.05, 4.69) is 34.6 Å². The van der Waals surface area contributed by atoms with Crippen LogP contribution < -0.4 is 0 Å². The molecule has 0 amide bonds. The van der Waals surface area contributed by atoms with Crippen molar-refractivity contribution in [3.8, 4) is 0 Å². The van der Waals surface area contributed by atoms with E-state index in [0.29, 0.717) is 19.3 Å². The molecule has 0 aliphatic rings. The normalized spacial score (nSPS) is 12.5. The number of ether oxygens (including phenoxy) is 3. The highest BCUT2D eigenvalue weighted by molar-refractivity contribution is 5.71. The van der Waals surface area contributed by atoms with E-state index in [9.17, 15) is 14.4 Å². The van der Waals surface area contributed by atoms with Gasteiger partial charge in [-0.1, -0.05) is 279 Å². The molecule has 1 unspecified atom stereocenters. The second-order valence-corrected chi connectivity index (χ2v) is 20.3. The van der Waals surface area contributed by atoms with Crippen molar-refractivity contribution in [2.75, 3.05) is 13.2 Å². The highest BCUT2D eigenvalue weighted by Crippen LogP contribution is 2.18. The van der Waals surface area contributed by atoms with Crippen LogP contribution >= 0.6 is 0 Å². The number of hydrogen-bond acceptors (Lipinski definition) is 6. The van der Waals surface area contributed by atoms with Crippen LogP contribution in [0.2, 0.25) is 0 Å². The van der Waals surface area contributed by atoms with E-state index < -0.39 is 6.10 Å². The molecule has 0 aliphatic heterocycles. The molecule has 0 bridgehead atoms. The van der Waals surface area contributed by atoms with E-state index in [4.69, 9.17) is 14.2 Å². The Hall–Kier alpha value is -1.59. The lowest BCUT2D eigenvalue weighted by Gasteiger charge is -2.18. The molecule has 0 radical (unpaired) electrons. The first-order valence-electron chi connectivity index (χ1n) is 28.3. The van der Waals surface area contributed by atoms with Gasteiger partial charge in [-0.2, -0.15) is 0 Å². The van der Waals surface area contributed by atoms with Gasteiger partial charge in [-0.25, -0.2) is 0 Å². The summed E-state index contributed by atoms with van der Waals surface area (Å²) < 4.78 is 16.9. The number of esters is 3. The van der Waals surface area contributed by atoms with Gasteiger partial charge in [-0.3, -0.25) is 14.4 Å². The molecule has 0 spiro atoms. The fraction of sp³-hybridized carbons (Fsp3) is 0.947. The minimum absolute atomic E-state index is 0.0631. The van der Waals surface area contributed by atoms with Crippen LogP contribution in [0.3, 0.4) is 0 Å². The zero-order valence-corrected chi connectivity index (χ0v) is 43.2. The molecule has 374 valence electrons. The average molecular weight is 892 g/mol. The lowest BCUT2D eigenvalue weighted by molar-refractivity contribution is -0.167. The maximum absolute atomic E-state index is 12.8. The molecule has 6 nitrogen and oxygen atoms in total. The third-order valence-corrected chi connectivity index (χ3v) is 13.3. The van der Waals surface area contributed by atoms with Crippen LogP contribution in [0.5, 0.6) is 0 Å². The van der Waals surface area contributed by atoms with Crippen molar-refractivity contribution in [2.45, 2.75) is 323 Å². The van der Waals surface area contributed by atoms with Crippen molar-refractivity contribution in [3.63, 3.8) is 0 Å². The number of carbonyl (C=O) groups excluding carboxylic acids is 3. The minimum Gasteiger partial charge on any atom is -0.462 e. The molecule has 0 aromatic carbocycles. The summed E-state index contributed by atoms with van der Waals surface area (Å²) in [6.07, 6.45) is 52.3. The van der Waals surface area contributed by atoms with Gasteiger partial charge in [0.1, 0.15) is 13.2 Å². The Bertz CT molecular complexity index is 964. The SMILES string of the molecule is CCCCCCCCCCCCCCCCCCC(=O)OC[C@@H](COC(=O)CCCCCCCCCCC(C)CC)OC(=O)CCCCCCCCCCCCCCCCC(C)C. The second-order valence-electron chi connectivity index (χ2n) is 20.3. The maximum Gasteiger partial charge on any atom is 0.306 e. The fourth-order valence-corrected chi connectivity index (χ4v) is 8.66. The van der Waals surface area contributed by atoms with Crippen LogP contribution in [0.1, 0.15) is 317 Å². The molecule has 0 saturated heterocycles. The predicted octanol–water partition coefficient (Wildman–Crippen LogP) is 18.5. The molecule has 0 rings (SSSR count). The van der Waals surface area contributed by atoms with E-state index in [-0.39, 0.29) is 31.1 Å². The highest BCUT2D eigenvalue weighted by Gasteiger charge is 2.19. The predicted molar refractivity (Wildman–Crippen MR) is 270 cm³/mol. The Balaban J connectivity index is 4.30. The minimum atomic E-state index is -0.763. The van der Waals surface area contributed by atoms with Crippen LogP contribution in [0.15, 0.2) is 0 Å². The van der Waals surface area contributed by atoms with Crippen molar-refractivity contribution < 1.29 is 28.6 Å². The number of hydrogen-bond donors (Lipinski definition) is 0. The Morgan fingerprint density at radius 2 is 0.603 bits per heavy atom. The second kappa shape index (κ2) is 49.8. The highest BCUT2D eigenvalue weighted by atomic mass is 16.6. The molecule has 0 fully saturated rings. The Labute approximate surface area is 393 Å². The van der Waals surface area contributed by atoms with Crippen molar-refractivity contribution in [1.29, 1.82) is 0 Å².